The molecule has 0 spiro atoms. The number of methoxy groups -OCH3 is 1. The molecule has 172 valence electrons. The Kier molecular flexibility index (Phi) is 7.51. The number of rotatable bonds is 8. The molecule has 0 aliphatic carbocycles. The first-order chi connectivity index (χ1) is 16.5. The minimum Gasteiger partial charge on any atom is -0.496 e. The van der Waals surface area contributed by atoms with Gasteiger partial charge in [-0.05, 0) is 29.8 Å². The number of hydrogen-bond acceptors (Lipinski definition) is 6. The zero-order valence-corrected chi connectivity index (χ0v) is 19.8. The van der Waals surface area contributed by atoms with E-state index in [9.17, 15) is 9.59 Å². The van der Waals surface area contributed by atoms with E-state index < -0.39 is 17.9 Å². The topological polar surface area (TPSA) is 93.2 Å². The van der Waals surface area contributed by atoms with Gasteiger partial charge in [-0.15, -0.1) is 10.2 Å². The highest BCUT2D eigenvalue weighted by molar-refractivity contribution is 7.18. The quantitative estimate of drug-likeness (QED) is 0.367. The summed E-state index contributed by atoms with van der Waals surface area (Å²) in [6.07, 6.45) is 0.299. The first kappa shape index (κ1) is 23.4. The minimum absolute atomic E-state index is 0.299. The van der Waals surface area contributed by atoms with Crippen molar-refractivity contribution in [2.24, 2.45) is 0 Å². The van der Waals surface area contributed by atoms with Crippen LogP contribution in [0, 0.1) is 0 Å². The molecule has 1 heterocycles. The van der Waals surface area contributed by atoms with Gasteiger partial charge in [0.15, 0.2) is 0 Å². The van der Waals surface area contributed by atoms with Crippen molar-refractivity contribution in [1.82, 2.24) is 15.5 Å². The molecule has 2 N–H and O–H groups in total. The highest BCUT2D eigenvalue weighted by Crippen LogP contribution is 2.28. The van der Waals surface area contributed by atoms with E-state index in [0.717, 1.165) is 11.1 Å². The van der Waals surface area contributed by atoms with Gasteiger partial charge in [-0.2, -0.15) is 0 Å². The molecule has 0 fully saturated rings. The van der Waals surface area contributed by atoms with Crippen LogP contribution in [0.25, 0.3) is 10.6 Å². The number of halogens is 1. The Bertz CT molecular complexity index is 1300. The average Bonchev–Trinajstić information content (AvgIpc) is 3.32. The smallest absolute Gasteiger partial charge is 0.255 e. The van der Waals surface area contributed by atoms with E-state index in [0.29, 0.717) is 32.9 Å². The maximum atomic E-state index is 13.2. The summed E-state index contributed by atoms with van der Waals surface area (Å²) in [7, 11) is 1.49. The van der Waals surface area contributed by atoms with E-state index >= 15 is 0 Å². The summed E-state index contributed by atoms with van der Waals surface area (Å²) in [6, 6.07) is 22.7. The van der Waals surface area contributed by atoms with Gasteiger partial charge in [-0.25, -0.2) is 0 Å². The first-order valence-corrected chi connectivity index (χ1v) is 11.6. The van der Waals surface area contributed by atoms with Crippen molar-refractivity contribution < 1.29 is 14.3 Å². The Morgan fingerprint density at radius 3 is 2.53 bits per heavy atom. The van der Waals surface area contributed by atoms with Gasteiger partial charge in [0.2, 0.25) is 11.0 Å². The molecule has 1 aromatic heterocycles. The van der Waals surface area contributed by atoms with E-state index in [1.165, 1.54) is 18.4 Å². The van der Waals surface area contributed by atoms with E-state index in [2.05, 4.69) is 20.8 Å². The Labute approximate surface area is 205 Å². The molecule has 1 unspecified atom stereocenters. The summed E-state index contributed by atoms with van der Waals surface area (Å²) in [6.45, 7) is 0. The average molecular weight is 493 g/mol. The number of amides is 2. The Hall–Kier alpha value is -3.75. The standard InChI is InChI=1S/C25H21ClN4O3S/c1-33-21-13-6-5-12-19(21)22(31)27-20(14-16-8-3-2-4-9-16)23(32)28-25-30-29-24(34-25)17-10-7-11-18(26)15-17/h2-13,15,20H,14H2,1H3,(H,27,31)(H,28,30,32). The van der Waals surface area contributed by atoms with Gasteiger partial charge in [0.1, 0.15) is 16.8 Å². The second-order valence-electron chi connectivity index (χ2n) is 7.33. The Morgan fingerprint density at radius 2 is 1.76 bits per heavy atom. The second kappa shape index (κ2) is 10.9. The number of carbonyl (C=O) groups is 2. The predicted molar refractivity (Wildman–Crippen MR) is 133 cm³/mol. The lowest BCUT2D eigenvalue weighted by Crippen LogP contribution is -2.45. The lowest BCUT2D eigenvalue weighted by atomic mass is 10.0. The fourth-order valence-electron chi connectivity index (χ4n) is 3.33. The summed E-state index contributed by atoms with van der Waals surface area (Å²) in [5.74, 6) is -0.388. The zero-order valence-electron chi connectivity index (χ0n) is 18.2. The highest BCUT2D eigenvalue weighted by atomic mass is 35.5. The fraction of sp³-hybridized carbons (Fsp3) is 0.120. The molecule has 4 aromatic rings. The predicted octanol–water partition coefficient (Wildman–Crippen LogP) is 4.85. The van der Waals surface area contributed by atoms with Gasteiger partial charge >= 0.3 is 0 Å². The van der Waals surface area contributed by atoms with Gasteiger partial charge < -0.3 is 10.1 Å². The number of benzene rings is 3. The number of aromatic nitrogens is 2. The van der Waals surface area contributed by atoms with Crippen LogP contribution in [0.15, 0.2) is 78.9 Å². The van der Waals surface area contributed by atoms with Crippen LogP contribution in [-0.2, 0) is 11.2 Å². The molecule has 0 saturated heterocycles. The van der Waals surface area contributed by atoms with Crippen LogP contribution in [0.3, 0.4) is 0 Å². The van der Waals surface area contributed by atoms with Crippen LogP contribution in [0.2, 0.25) is 5.02 Å². The number of anilines is 1. The summed E-state index contributed by atoms with van der Waals surface area (Å²) < 4.78 is 5.29. The van der Waals surface area contributed by atoms with Crippen LogP contribution in [-0.4, -0.2) is 35.2 Å². The van der Waals surface area contributed by atoms with Crippen molar-refractivity contribution in [2.45, 2.75) is 12.5 Å². The molecule has 0 aliphatic heterocycles. The number of nitrogens with one attached hydrogen (secondary N) is 2. The van der Waals surface area contributed by atoms with Gasteiger partial charge in [-0.1, -0.05) is 77.5 Å². The molecule has 3 aromatic carbocycles. The molecule has 1 atom stereocenters. The first-order valence-electron chi connectivity index (χ1n) is 10.4. The normalized spacial score (nSPS) is 11.5. The zero-order chi connectivity index (χ0) is 23.9. The lowest BCUT2D eigenvalue weighted by molar-refractivity contribution is -0.118. The lowest BCUT2D eigenvalue weighted by Gasteiger charge is -2.18. The summed E-state index contributed by atoms with van der Waals surface area (Å²) in [5, 5.41) is 15.4. The van der Waals surface area contributed by atoms with Crippen LogP contribution in [0.4, 0.5) is 5.13 Å². The van der Waals surface area contributed by atoms with Crippen molar-refractivity contribution in [1.29, 1.82) is 0 Å². The summed E-state index contributed by atoms with van der Waals surface area (Å²) in [5.41, 5.74) is 2.05. The van der Waals surface area contributed by atoms with Crippen molar-refractivity contribution in [2.75, 3.05) is 12.4 Å². The minimum atomic E-state index is -0.849. The molecular weight excluding hydrogens is 472 g/mol. The van der Waals surface area contributed by atoms with Crippen molar-refractivity contribution in [3.63, 3.8) is 0 Å². The maximum Gasteiger partial charge on any atom is 0.255 e. The van der Waals surface area contributed by atoms with Crippen molar-refractivity contribution in [3.05, 3.63) is 95.0 Å². The molecular formula is C25H21ClN4O3S. The van der Waals surface area contributed by atoms with Crippen LogP contribution in [0.5, 0.6) is 5.75 Å². The molecule has 0 bridgehead atoms. The van der Waals surface area contributed by atoms with E-state index in [4.69, 9.17) is 16.3 Å². The number of nitrogens with zero attached hydrogens (tertiary/aromatic N) is 2. The molecule has 34 heavy (non-hydrogen) atoms. The van der Waals surface area contributed by atoms with Crippen molar-refractivity contribution in [3.8, 4) is 16.3 Å². The van der Waals surface area contributed by atoms with E-state index in [-0.39, 0.29) is 0 Å². The number of para-hydroxylation sites is 1. The number of carbonyl (C=O) groups excluding carboxylic acids is 2. The molecule has 9 heteroatoms. The van der Waals surface area contributed by atoms with Crippen LogP contribution >= 0.6 is 22.9 Å². The van der Waals surface area contributed by atoms with Gasteiger partial charge in [0.25, 0.3) is 5.91 Å². The van der Waals surface area contributed by atoms with Gasteiger partial charge in [-0.3, -0.25) is 14.9 Å². The largest absolute Gasteiger partial charge is 0.496 e. The third-order valence-electron chi connectivity index (χ3n) is 4.98. The fourth-order valence-corrected chi connectivity index (χ4v) is 4.26. The van der Waals surface area contributed by atoms with Gasteiger partial charge in [0, 0.05) is 17.0 Å². The second-order valence-corrected chi connectivity index (χ2v) is 8.74. The molecule has 2 amide bonds. The molecule has 0 saturated carbocycles. The van der Waals surface area contributed by atoms with Gasteiger partial charge in [0.05, 0.1) is 12.7 Å². The number of ether oxygens (including phenoxy) is 1. The Balaban J connectivity index is 1.54. The molecule has 4 rings (SSSR count). The highest BCUT2D eigenvalue weighted by Gasteiger charge is 2.24. The monoisotopic (exact) mass is 492 g/mol. The van der Waals surface area contributed by atoms with Crippen LogP contribution < -0.4 is 15.4 Å². The molecule has 7 nitrogen and oxygen atoms in total. The molecule has 0 radical (unpaired) electrons. The summed E-state index contributed by atoms with van der Waals surface area (Å²) in [4.78, 5) is 26.2. The van der Waals surface area contributed by atoms with E-state index in [1.807, 2.05) is 42.5 Å². The summed E-state index contributed by atoms with van der Waals surface area (Å²) >= 11 is 7.29. The third-order valence-corrected chi connectivity index (χ3v) is 6.11. The van der Waals surface area contributed by atoms with E-state index in [1.54, 1.807) is 36.4 Å². The third kappa shape index (κ3) is 5.78. The van der Waals surface area contributed by atoms with Crippen LogP contribution in [0.1, 0.15) is 15.9 Å². The Morgan fingerprint density at radius 1 is 1.00 bits per heavy atom. The molecule has 0 aliphatic rings. The van der Waals surface area contributed by atoms with Crippen molar-refractivity contribution >= 4 is 39.9 Å². The maximum absolute atomic E-state index is 13.2. The number of hydrogen-bond donors (Lipinski definition) is 2. The SMILES string of the molecule is COc1ccccc1C(=O)NC(Cc1ccccc1)C(=O)Nc1nnc(-c2cccc(Cl)c2)s1.